The monoisotopic (exact) mass is 565 g/mol. The first-order valence-corrected chi connectivity index (χ1v) is 15.3. The Kier molecular flexibility index (Phi) is 5.11. The average Bonchev–Trinajstić information content (AvgIpc) is 3.85. The van der Waals surface area contributed by atoms with Crippen LogP contribution in [0.1, 0.15) is 22.4 Å². The lowest BCUT2D eigenvalue weighted by molar-refractivity contribution is 0.0595. The maximum atomic E-state index is 7.06. The molecule has 0 bridgehead atoms. The summed E-state index contributed by atoms with van der Waals surface area (Å²) in [5, 5.41) is 21.9. The number of nitrogens with zero attached hydrogens (tertiary/aromatic N) is 3. The van der Waals surface area contributed by atoms with Crippen LogP contribution in [0.2, 0.25) is 0 Å². The summed E-state index contributed by atoms with van der Waals surface area (Å²) in [6, 6.07) is 32.0. The molecular weight excluding hydrogens is 538 g/mol. The molecule has 3 aliphatic rings. The molecule has 7 heteroatoms. The number of H-pyrrole nitrogens is 2. The van der Waals surface area contributed by atoms with Crippen LogP contribution in [-0.4, -0.2) is 37.0 Å². The second-order valence-corrected chi connectivity index (χ2v) is 12.7. The number of benzene rings is 4. The third-order valence-electron chi connectivity index (χ3n) is 9.50. The van der Waals surface area contributed by atoms with Gasteiger partial charge in [0.25, 0.3) is 0 Å². The van der Waals surface area contributed by atoms with Crippen molar-refractivity contribution in [2.75, 3.05) is 0 Å². The standard InChI is InChI=1S/C35H27N5OS/c1-5-16-28-22(10-1)20-30(41-28)35(31-21-23-11-2-6-17-29(23)42-31)19-8-7-18-34(35,25-13-9-15-27-32(25)38-40-37-27)33-24-12-3-4-14-26(24)36-39-33/h1-19,30-31H,20-21H2,(H,36,39)(H,37,38,40). The highest BCUT2D eigenvalue weighted by atomic mass is 32.2. The van der Waals surface area contributed by atoms with Crippen LogP contribution < -0.4 is 4.74 Å². The van der Waals surface area contributed by atoms with Crippen LogP contribution in [0.4, 0.5) is 0 Å². The van der Waals surface area contributed by atoms with Crippen molar-refractivity contribution in [3.63, 3.8) is 0 Å². The second-order valence-electron chi connectivity index (χ2n) is 11.4. The quantitative estimate of drug-likeness (QED) is 0.242. The smallest absolute Gasteiger partial charge is 0.123 e. The minimum atomic E-state index is -0.708. The number of aromatic nitrogens is 5. The van der Waals surface area contributed by atoms with Gasteiger partial charge < -0.3 is 4.74 Å². The maximum Gasteiger partial charge on any atom is 0.123 e. The molecule has 0 saturated carbocycles. The summed E-state index contributed by atoms with van der Waals surface area (Å²) >= 11 is 1.97. The molecule has 0 spiro atoms. The van der Waals surface area contributed by atoms with Crippen molar-refractivity contribution < 1.29 is 4.74 Å². The number of allylic oxidation sites excluding steroid dienone is 3. The first-order chi connectivity index (χ1) is 20.8. The van der Waals surface area contributed by atoms with E-state index in [-0.39, 0.29) is 11.4 Å². The molecule has 0 fully saturated rings. The molecule has 1 aliphatic carbocycles. The van der Waals surface area contributed by atoms with Gasteiger partial charge in [-0.15, -0.1) is 11.8 Å². The Morgan fingerprint density at radius 1 is 0.738 bits per heavy atom. The van der Waals surface area contributed by atoms with Crippen LogP contribution in [0.25, 0.3) is 21.9 Å². The van der Waals surface area contributed by atoms with E-state index in [4.69, 9.17) is 14.9 Å². The number of rotatable bonds is 4. The molecule has 204 valence electrons. The van der Waals surface area contributed by atoms with Gasteiger partial charge in [-0.25, -0.2) is 0 Å². The van der Waals surface area contributed by atoms with E-state index in [0.29, 0.717) is 0 Å². The first kappa shape index (κ1) is 24.0. The van der Waals surface area contributed by atoms with Gasteiger partial charge in [-0.2, -0.15) is 20.5 Å². The van der Waals surface area contributed by atoms with Crippen LogP contribution in [0, 0.1) is 5.41 Å². The molecule has 42 heavy (non-hydrogen) atoms. The number of nitrogens with one attached hydrogen (secondary N) is 2. The zero-order valence-corrected chi connectivity index (χ0v) is 23.5. The molecule has 4 heterocycles. The Morgan fingerprint density at radius 3 is 2.48 bits per heavy atom. The van der Waals surface area contributed by atoms with E-state index in [1.54, 1.807) is 0 Å². The highest BCUT2D eigenvalue weighted by molar-refractivity contribution is 8.00. The van der Waals surface area contributed by atoms with Crippen LogP contribution in [0.3, 0.4) is 0 Å². The van der Waals surface area contributed by atoms with Crippen molar-refractivity contribution in [3.8, 4) is 5.75 Å². The van der Waals surface area contributed by atoms with Crippen molar-refractivity contribution in [1.29, 1.82) is 0 Å². The predicted molar refractivity (Wildman–Crippen MR) is 166 cm³/mol. The molecule has 6 aromatic rings. The molecule has 4 aromatic carbocycles. The molecule has 4 atom stereocenters. The molecule has 0 radical (unpaired) electrons. The SMILES string of the molecule is C1=CC(c2[nH]nc3ccccc23)(c2cccc3n[nH]nc23)C(C2Cc3ccccc3O2)(C2Cc3ccccc3S2)C=C1. The van der Waals surface area contributed by atoms with Gasteiger partial charge in [0.2, 0.25) is 0 Å². The maximum absolute atomic E-state index is 7.06. The second kappa shape index (κ2) is 8.94. The van der Waals surface area contributed by atoms with E-state index >= 15 is 0 Å². The fourth-order valence-electron chi connectivity index (χ4n) is 7.72. The van der Waals surface area contributed by atoms with Crippen LogP contribution >= 0.6 is 11.8 Å². The number of aromatic amines is 2. The number of hydrogen-bond acceptors (Lipinski definition) is 5. The van der Waals surface area contributed by atoms with E-state index in [0.717, 1.165) is 51.8 Å². The minimum Gasteiger partial charge on any atom is -0.489 e. The fourth-order valence-corrected chi connectivity index (χ4v) is 9.36. The number of ether oxygens (including phenoxy) is 1. The van der Waals surface area contributed by atoms with Crippen molar-refractivity contribution in [1.82, 2.24) is 25.6 Å². The number of para-hydroxylation sites is 3. The van der Waals surface area contributed by atoms with Crippen molar-refractivity contribution >= 4 is 33.7 Å². The highest BCUT2D eigenvalue weighted by Crippen LogP contribution is 2.63. The molecule has 2 aliphatic heterocycles. The normalized spacial score (nSPS) is 26.0. The summed E-state index contributed by atoms with van der Waals surface area (Å²) in [5.41, 5.74) is 6.15. The third kappa shape index (κ3) is 3.14. The topological polar surface area (TPSA) is 79.5 Å². The van der Waals surface area contributed by atoms with E-state index < -0.39 is 10.8 Å². The lowest BCUT2D eigenvalue weighted by atomic mass is 9.51. The van der Waals surface area contributed by atoms with Gasteiger partial charge in [-0.05, 0) is 47.4 Å². The van der Waals surface area contributed by atoms with Gasteiger partial charge >= 0.3 is 0 Å². The third-order valence-corrected chi connectivity index (χ3v) is 11.0. The Morgan fingerprint density at radius 2 is 1.55 bits per heavy atom. The highest BCUT2D eigenvalue weighted by Gasteiger charge is 2.64. The Balaban J connectivity index is 1.39. The summed E-state index contributed by atoms with van der Waals surface area (Å²) < 4.78 is 7.06. The molecule has 2 N–H and O–H groups in total. The largest absolute Gasteiger partial charge is 0.489 e. The Labute approximate surface area is 246 Å². The number of thioether (sulfide) groups is 1. The van der Waals surface area contributed by atoms with Gasteiger partial charge in [-0.1, -0.05) is 91.0 Å². The van der Waals surface area contributed by atoms with Gasteiger partial charge in [0.05, 0.1) is 22.0 Å². The lowest BCUT2D eigenvalue weighted by Gasteiger charge is -2.54. The molecule has 6 nitrogen and oxygen atoms in total. The minimum absolute atomic E-state index is 0.146. The summed E-state index contributed by atoms with van der Waals surface area (Å²) in [4.78, 5) is 1.34. The molecule has 0 saturated heterocycles. The van der Waals surface area contributed by atoms with E-state index in [1.165, 1.54) is 16.0 Å². The van der Waals surface area contributed by atoms with Gasteiger partial charge in [-0.3, -0.25) is 5.10 Å². The zero-order valence-electron chi connectivity index (χ0n) is 22.7. The Bertz CT molecular complexity index is 1950. The summed E-state index contributed by atoms with van der Waals surface area (Å²) in [6.45, 7) is 0. The summed E-state index contributed by atoms with van der Waals surface area (Å²) in [7, 11) is 0. The van der Waals surface area contributed by atoms with E-state index in [1.807, 2.05) is 23.9 Å². The summed E-state index contributed by atoms with van der Waals surface area (Å²) in [6.07, 6.45) is 10.8. The fraction of sp³-hybridized carbons (Fsp3) is 0.171. The lowest BCUT2D eigenvalue weighted by Crippen LogP contribution is -2.59. The van der Waals surface area contributed by atoms with Crippen LogP contribution in [0.5, 0.6) is 5.75 Å². The van der Waals surface area contributed by atoms with Gasteiger partial charge in [0.1, 0.15) is 22.9 Å². The Hall–Kier alpha value is -4.62. The van der Waals surface area contributed by atoms with Crippen molar-refractivity contribution in [3.05, 3.63) is 138 Å². The first-order valence-electron chi connectivity index (χ1n) is 14.4. The summed E-state index contributed by atoms with van der Waals surface area (Å²) in [5.74, 6) is 0.966. The van der Waals surface area contributed by atoms with E-state index in [2.05, 4.69) is 119 Å². The van der Waals surface area contributed by atoms with Crippen molar-refractivity contribution in [2.24, 2.45) is 5.41 Å². The number of fused-ring (bicyclic) bond motifs is 4. The molecular formula is C35H27N5OS. The zero-order chi connectivity index (χ0) is 27.7. The molecule has 0 amide bonds. The molecule has 4 unspecified atom stereocenters. The van der Waals surface area contributed by atoms with Crippen molar-refractivity contribution in [2.45, 2.75) is 34.5 Å². The van der Waals surface area contributed by atoms with Gasteiger partial charge in [0, 0.05) is 22.0 Å². The van der Waals surface area contributed by atoms with Crippen LogP contribution in [0.15, 0.2) is 120 Å². The molecule has 9 rings (SSSR count). The van der Waals surface area contributed by atoms with Crippen LogP contribution in [-0.2, 0) is 18.3 Å². The average molecular weight is 566 g/mol. The van der Waals surface area contributed by atoms with E-state index in [9.17, 15) is 0 Å². The number of hydrogen-bond donors (Lipinski definition) is 2. The predicted octanol–water partition coefficient (Wildman–Crippen LogP) is 6.95. The van der Waals surface area contributed by atoms with Gasteiger partial charge in [0.15, 0.2) is 0 Å². The molecule has 2 aromatic heterocycles.